The van der Waals surface area contributed by atoms with Gasteiger partial charge in [0.15, 0.2) is 0 Å². The van der Waals surface area contributed by atoms with E-state index in [2.05, 4.69) is 73.8 Å². The van der Waals surface area contributed by atoms with Crippen molar-refractivity contribution in [1.29, 1.82) is 0 Å². The van der Waals surface area contributed by atoms with Crippen LogP contribution in [0.1, 0.15) is 48.9 Å². The third kappa shape index (κ3) is 2.51. The van der Waals surface area contributed by atoms with Gasteiger partial charge in [0, 0.05) is 11.5 Å². The van der Waals surface area contributed by atoms with E-state index in [1.807, 2.05) is 0 Å². The molecular weight excluding hydrogens is 254 g/mol. The standard InChI is InChI=1S/C20H25N/c1-3-21-19(18-13-8-7-10-16(18)2)20(14-9-15-20)17-11-5-4-6-12-17/h4-8,10-13,19,21H,3,9,14-15H2,1-2H3. The van der Waals surface area contributed by atoms with Crippen molar-refractivity contribution in [2.75, 3.05) is 6.54 Å². The zero-order valence-electron chi connectivity index (χ0n) is 13.1. The summed E-state index contributed by atoms with van der Waals surface area (Å²) in [7, 11) is 0. The van der Waals surface area contributed by atoms with Crippen molar-refractivity contribution in [2.24, 2.45) is 0 Å². The van der Waals surface area contributed by atoms with Gasteiger partial charge in [-0.05, 0) is 43.0 Å². The number of likely N-dealkylation sites (N-methyl/N-ethyl adjacent to an activating group) is 1. The second kappa shape index (κ2) is 6.03. The second-order valence-electron chi connectivity index (χ2n) is 6.22. The summed E-state index contributed by atoms with van der Waals surface area (Å²) in [5.74, 6) is 0. The van der Waals surface area contributed by atoms with Crippen molar-refractivity contribution in [1.82, 2.24) is 5.32 Å². The van der Waals surface area contributed by atoms with Gasteiger partial charge in [0.05, 0.1) is 0 Å². The summed E-state index contributed by atoms with van der Waals surface area (Å²) >= 11 is 0. The van der Waals surface area contributed by atoms with Crippen LogP contribution in [0, 0.1) is 6.92 Å². The Hall–Kier alpha value is -1.60. The van der Waals surface area contributed by atoms with E-state index in [0.717, 1.165) is 6.54 Å². The van der Waals surface area contributed by atoms with Crippen molar-refractivity contribution in [3.63, 3.8) is 0 Å². The average Bonchev–Trinajstić information content (AvgIpc) is 2.47. The van der Waals surface area contributed by atoms with Crippen molar-refractivity contribution in [2.45, 2.75) is 44.6 Å². The fourth-order valence-electron chi connectivity index (χ4n) is 3.79. The van der Waals surface area contributed by atoms with Gasteiger partial charge in [-0.15, -0.1) is 0 Å². The normalized spacial score (nSPS) is 18.0. The molecule has 1 atom stereocenters. The Morgan fingerprint density at radius 2 is 1.67 bits per heavy atom. The highest BCUT2D eigenvalue weighted by Crippen LogP contribution is 2.52. The number of hydrogen-bond acceptors (Lipinski definition) is 1. The van der Waals surface area contributed by atoms with E-state index in [1.165, 1.54) is 36.0 Å². The SMILES string of the molecule is CCNC(c1ccccc1C)C1(c2ccccc2)CCC1. The van der Waals surface area contributed by atoms with Gasteiger partial charge in [-0.1, -0.05) is 67.9 Å². The van der Waals surface area contributed by atoms with Crippen molar-refractivity contribution >= 4 is 0 Å². The van der Waals surface area contributed by atoms with E-state index in [4.69, 9.17) is 0 Å². The van der Waals surface area contributed by atoms with Gasteiger partial charge in [-0.2, -0.15) is 0 Å². The minimum Gasteiger partial charge on any atom is -0.309 e. The first-order valence-corrected chi connectivity index (χ1v) is 8.12. The quantitative estimate of drug-likeness (QED) is 0.831. The summed E-state index contributed by atoms with van der Waals surface area (Å²) in [6.07, 6.45) is 3.90. The van der Waals surface area contributed by atoms with Crippen LogP contribution < -0.4 is 5.32 Å². The molecular formula is C20H25N. The number of aryl methyl sites for hydroxylation is 1. The van der Waals surface area contributed by atoms with E-state index < -0.39 is 0 Å². The van der Waals surface area contributed by atoms with E-state index in [9.17, 15) is 0 Å². The molecule has 0 aromatic heterocycles. The molecule has 1 N–H and O–H groups in total. The monoisotopic (exact) mass is 279 g/mol. The molecule has 0 heterocycles. The fraction of sp³-hybridized carbons (Fsp3) is 0.400. The van der Waals surface area contributed by atoms with Crippen LogP contribution >= 0.6 is 0 Å². The zero-order valence-corrected chi connectivity index (χ0v) is 13.1. The molecule has 0 radical (unpaired) electrons. The summed E-state index contributed by atoms with van der Waals surface area (Å²) < 4.78 is 0. The molecule has 1 fully saturated rings. The minimum atomic E-state index is 0.267. The van der Waals surface area contributed by atoms with Gasteiger partial charge in [-0.25, -0.2) is 0 Å². The Morgan fingerprint density at radius 1 is 1.00 bits per heavy atom. The summed E-state index contributed by atoms with van der Waals surface area (Å²) in [4.78, 5) is 0. The van der Waals surface area contributed by atoms with Crippen molar-refractivity contribution < 1.29 is 0 Å². The van der Waals surface area contributed by atoms with E-state index in [-0.39, 0.29) is 5.41 Å². The van der Waals surface area contributed by atoms with Gasteiger partial charge in [0.25, 0.3) is 0 Å². The number of nitrogens with one attached hydrogen (secondary N) is 1. The molecule has 0 aliphatic heterocycles. The van der Waals surface area contributed by atoms with Crippen LogP contribution in [0.2, 0.25) is 0 Å². The van der Waals surface area contributed by atoms with Crippen LogP contribution in [0.4, 0.5) is 0 Å². The summed E-state index contributed by atoms with van der Waals surface area (Å²) in [5, 5.41) is 3.78. The lowest BCUT2D eigenvalue weighted by molar-refractivity contribution is 0.170. The Morgan fingerprint density at radius 3 is 2.24 bits per heavy atom. The van der Waals surface area contributed by atoms with E-state index >= 15 is 0 Å². The Balaban J connectivity index is 2.05. The molecule has 0 saturated heterocycles. The molecule has 1 unspecified atom stereocenters. The van der Waals surface area contributed by atoms with Gasteiger partial charge in [-0.3, -0.25) is 0 Å². The lowest BCUT2D eigenvalue weighted by Gasteiger charge is -2.49. The molecule has 0 amide bonds. The maximum absolute atomic E-state index is 3.78. The molecule has 1 aliphatic carbocycles. The van der Waals surface area contributed by atoms with Crippen LogP contribution in [0.5, 0.6) is 0 Å². The Bertz CT molecular complexity index is 584. The molecule has 1 aliphatic rings. The largest absolute Gasteiger partial charge is 0.309 e. The molecule has 2 aromatic rings. The van der Waals surface area contributed by atoms with Gasteiger partial charge in [0.1, 0.15) is 0 Å². The fourth-order valence-corrected chi connectivity index (χ4v) is 3.79. The molecule has 1 saturated carbocycles. The van der Waals surface area contributed by atoms with Gasteiger partial charge in [0.2, 0.25) is 0 Å². The highest BCUT2D eigenvalue weighted by atomic mass is 14.9. The summed E-state index contributed by atoms with van der Waals surface area (Å²) in [6, 6.07) is 20.3. The molecule has 0 spiro atoms. The molecule has 21 heavy (non-hydrogen) atoms. The van der Waals surface area contributed by atoms with Crippen LogP contribution in [0.15, 0.2) is 54.6 Å². The Kier molecular flexibility index (Phi) is 4.12. The maximum atomic E-state index is 3.78. The minimum absolute atomic E-state index is 0.267. The zero-order chi connectivity index (χ0) is 14.7. The smallest absolute Gasteiger partial charge is 0.0420 e. The lowest BCUT2D eigenvalue weighted by atomic mass is 9.58. The molecule has 0 bridgehead atoms. The van der Waals surface area contributed by atoms with E-state index in [1.54, 1.807) is 0 Å². The van der Waals surface area contributed by atoms with Crippen molar-refractivity contribution in [3.05, 3.63) is 71.3 Å². The number of rotatable bonds is 5. The predicted octanol–water partition coefficient (Wildman–Crippen LogP) is 4.77. The second-order valence-corrected chi connectivity index (χ2v) is 6.22. The van der Waals surface area contributed by atoms with Crippen LogP contribution in [-0.2, 0) is 5.41 Å². The maximum Gasteiger partial charge on any atom is 0.0420 e. The van der Waals surface area contributed by atoms with Crippen molar-refractivity contribution in [3.8, 4) is 0 Å². The Labute approximate surface area is 128 Å². The molecule has 110 valence electrons. The first-order valence-electron chi connectivity index (χ1n) is 8.12. The molecule has 1 heteroatoms. The van der Waals surface area contributed by atoms with Gasteiger partial charge >= 0.3 is 0 Å². The molecule has 3 rings (SSSR count). The summed E-state index contributed by atoms with van der Waals surface area (Å²) in [5.41, 5.74) is 4.61. The average molecular weight is 279 g/mol. The lowest BCUT2D eigenvalue weighted by Crippen LogP contribution is -2.47. The van der Waals surface area contributed by atoms with Crippen LogP contribution in [0.3, 0.4) is 0 Å². The highest BCUT2D eigenvalue weighted by Gasteiger charge is 2.45. The first kappa shape index (κ1) is 14.3. The van der Waals surface area contributed by atoms with Crippen LogP contribution in [0.25, 0.3) is 0 Å². The molecule has 1 nitrogen and oxygen atoms in total. The first-order chi connectivity index (χ1) is 10.3. The summed E-state index contributed by atoms with van der Waals surface area (Å²) in [6.45, 7) is 5.45. The van der Waals surface area contributed by atoms with E-state index in [0.29, 0.717) is 6.04 Å². The third-order valence-electron chi connectivity index (χ3n) is 5.05. The predicted molar refractivity (Wildman–Crippen MR) is 89.6 cm³/mol. The third-order valence-corrected chi connectivity index (χ3v) is 5.05. The number of benzene rings is 2. The van der Waals surface area contributed by atoms with Gasteiger partial charge < -0.3 is 5.32 Å². The number of hydrogen-bond donors (Lipinski definition) is 1. The molecule has 2 aromatic carbocycles. The topological polar surface area (TPSA) is 12.0 Å². The highest BCUT2D eigenvalue weighted by molar-refractivity contribution is 5.38. The van der Waals surface area contributed by atoms with Crippen LogP contribution in [-0.4, -0.2) is 6.54 Å².